The molecule has 0 bridgehead atoms. The monoisotopic (exact) mass is 383 g/mol. The average Bonchev–Trinajstić information content (AvgIpc) is 2.91. The van der Waals surface area contributed by atoms with Crippen molar-refractivity contribution in [1.82, 2.24) is 5.32 Å². The number of carboxylic acid groups (broad SMARTS) is 1. The maximum Gasteiger partial charge on any atom is 0.408 e. The third-order valence-electron chi connectivity index (χ3n) is 2.88. The van der Waals surface area contributed by atoms with Gasteiger partial charge >= 0.3 is 12.1 Å². The van der Waals surface area contributed by atoms with Crippen LogP contribution < -0.4 is 5.32 Å². The normalized spacial score (nSPS) is 11.7. The molecule has 0 saturated carbocycles. The number of aliphatic carboxylic acids is 1. The zero-order valence-corrected chi connectivity index (χ0v) is 13.9. The molecule has 0 aliphatic rings. The summed E-state index contributed by atoms with van der Waals surface area (Å²) in [5, 5.41) is 13.4. The van der Waals surface area contributed by atoms with E-state index in [0.29, 0.717) is 0 Å². The minimum atomic E-state index is -1.10. The lowest BCUT2D eigenvalue weighted by molar-refractivity contribution is -0.139. The number of hydrogen-bond acceptors (Lipinski definition) is 4. The van der Waals surface area contributed by atoms with Crippen molar-refractivity contribution in [3.63, 3.8) is 0 Å². The van der Waals surface area contributed by atoms with Gasteiger partial charge < -0.3 is 15.2 Å². The quantitative estimate of drug-likeness (QED) is 0.800. The second-order valence-corrected chi connectivity index (χ2v) is 6.35. The molecule has 1 heterocycles. The van der Waals surface area contributed by atoms with Gasteiger partial charge in [0.2, 0.25) is 0 Å². The van der Waals surface area contributed by atoms with Gasteiger partial charge in [0.05, 0.1) is 0 Å². The van der Waals surface area contributed by atoms with E-state index in [1.54, 1.807) is 0 Å². The van der Waals surface area contributed by atoms with Crippen LogP contribution in [0, 0.1) is 0 Å². The van der Waals surface area contributed by atoms with Crippen LogP contribution in [0.4, 0.5) is 4.79 Å². The number of carboxylic acids is 1. The number of thiophene rings is 1. The van der Waals surface area contributed by atoms with Crippen molar-refractivity contribution in [2.75, 3.05) is 0 Å². The lowest BCUT2D eigenvalue weighted by Gasteiger charge is -2.14. The molecule has 0 saturated heterocycles. The van der Waals surface area contributed by atoms with Crippen LogP contribution in [0.2, 0.25) is 0 Å². The van der Waals surface area contributed by atoms with Crippen LogP contribution in [0.3, 0.4) is 0 Å². The summed E-state index contributed by atoms with van der Waals surface area (Å²) in [6.07, 6.45) is -0.544. The molecule has 116 valence electrons. The summed E-state index contributed by atoms with van der Waals surface area (Å²) in [6, 6.07) is 10.00. The van der Waals surface area contributed by atoms with Crippen molar-refractivity contribution < 1.29 is 19.4 Å². The lowest BCUT2D eigenvalue weighted by atomic mass is 10.2. The van der Waals surface area contributed by atoms with E-state index in [0.717, 1.165) is 14.9 Å². The van der Waals surface area contributed by atoms with Crippen LogP contribution in [-0.2, 0) is 22.6 Å². The first-order valence-corrected chi connectivity index (χ1v) is 8.15. The van der Waals surface area contributed by atoms with Crippen molar-refractivity contribution >= 4 is 39.3 Å². The SMILES string of the molecule is O=C(NC(Cc1sccc1Br)C(=O)O)OCc1ccccc1. The van der Waals surface area contributed by atoms with Gasteiger partial charge in [0.15, 0.2) is 0 Å². The first-order valence-electron chi connectivity index (χ1n) is 6.48. The maximum absolute atomic E-state index is 11.7. The van der Waals surface area contributed by atoms with E-state index in [2.05, 4.69) is 21.2 Å². The van der Waals surface area contributed by atoms with Gasteiger partial charge in [0.25, 0.3) is 0 Å². The molecule has 0 aliphatic heterocycles. The first kappa shape index (κ1) is 16.5. The average molecular weight is 384 g/mol. The second kappa shape index (κ2) is 7.95. The molecule has 2 N–H and O–H groups in total. The Labute approximate surface area is 140 Å². The number of hydrogen-bond donors (Lipinski definition) is 2. The molecule has 0 spiro atoms. The standard InChI is InChI=1S/C15H14BrNO4S/c16-11-6-7-22-13(11)8-12(14(18)19)17-15(20)21-9-10-4-2-1-3-5-10/h1-7,12H,8-9H2,(H,17,20)(H,18,19). The molecule has 1 aromatic heterocycles. The Kier molecular flexibility index (Phi) is 5.97. The Morgan fingerprint density at radius 2 is 2.00 bits per heavy atom. The van der Waals surface area contributed by atoms with E-state index < -0.39 is 18.1 Å². The summed E-state index contributed by atoms with van der Waals surface area (Å²) in [6.45, 7) is 0.0989. The van der Waals surface area contributed by atoms with E-state index >= 15 is 0 Å². The maximum atomic E-state index is 11.7. The van der Waals surface area contributed by atoms with Crippen LogP contribution in [0.5, 0.6) is 0 Å². The van der Waals surface area contributed by atoms with Gasteiger partial charge in [-0.3, -0.25) is 0 Å². The van der Waals surface area contributed by atoms with Gasteiger partial charge in [0, 0.05) is 15.8 Å². The zero-order valence-electron chi connectivity index (χ0n) is 11.5. The smallest absolute Gasteiger partial charge is 0.408 e. The Morgan fingerprint density at radius 1 is 1.27 bits per heavy atom. The summed E-state index contributed by atoms with van der Waals surface area (Å²) < 4.78 is 5.87. The highest BCUT2D eigenvalue weighted by Gasteiger charge is 2.22. The molecule has 1 atom stereocenters. The predicted octanol–water partition coefficient (Wildman–Crippen LogP) is 3.43. The molecule has 1 unspecified atom stereocenters. The van der Waals surface area contributed by atoms with Crippen molar-refractivity contribution in [3.8, 4) is 0 Å². The van der Waals surface area contributed by atoms with Gasteiger partial charge in [-0.05, 0) is 32.9 Å². The fourth-order valence-corrected chi connectivity index (χ4v) is 3.32. The largest absolute Gasteiger partial charge is 0.480 e. The molecular weight excluding hydrogens is 370 g/mol. The Balaban J connectivity index is 1.89. The van der Waals surface area contributed by atoms with Gasteiger partial charge in [-0.1, -0.05) is 30.3 Å². The molecule has 0 radical (unpaired) electrons. The Morgan fingerprint density at radius 3 is 2.59 bits per heavy atom. The Hall–Kier alpha value is -1.86. The molecule has 5 nitrogen and oxygen atoms in total. The van der Waals surface area contributed by atoms with E-state index in [4.69, 9.17) is 4.74 Å². The molecule has 0 aliphatic carbocycles. The van der Waals surface area contributed by atoms with Gasteiger partial charge in [0.1, 0.15) is 12.6 Å². The molecule has 22 heavy (non-hydrogen) atoms. The molecule has 2 rings (SSSR count). The lowest BCUT2D eigenvalue weighted by Crippen LogP contribution is -2.42. The number of alkyl carbamates (subject to hydrolysis) is 1. The third kappa shape index (κ3) is 4.85. The van der Waals surface area contributed by atoms with Crippen molar-refractivity contribution in [3.05, 3.63) is 56.7 Å². The second-order valence-electron chi connectivity index (χ2n) is 4.49. The van der Waals surface area contributed by atoms with Crippen LogP contribution >= 0.6 is 27.3 Å². The highest BCUT2D eigenvalue weighted by Crippen LogP contribution is 2.24. The summed E-state index contributed by atoms with van der Waals surface area (Å²) in [4.78, 5) is 23.9. The number of halogens is 1. The minimum Gasteiger partial charge on any atom is -0.480 e. The van der Waals surface area contributed by atoms with E-state index in [-0.39, 0.29) is 13.0 Å². The van der Waals surface area contributed by atoms with Crippen molar-refractivity contribution in [2.24, 2.45) is 0 Å². The number of carbonyl (C=O) groups is 2. The Bertz CT molecular complexity index is 644. The number of carbonyl (C=O) groups excluding carboxylic acids is 1. The summed E-state index contributed by atoms with van der Waals surface area (Å²) in [5.41, 5.74) is 0.838. The third-order valence-corrected chi connectivity index (χ3v) is 4.83. The zero-order chi connectivity index (χ0) is 15.9. The topological polar surface area (TPSA) is 75.6 Å². The molecule has 7 heteroatoms. The van der Waals surface area contributed by atoms with Crippen LogP contribution in [0.1, 0.15) is 10.4 Å². The predicted molar refractivity (Wildman–Crippen MR) is 86.9 cm³/mol. The number of nitrogens with one attached hydrogen (secondary N) is 1. The molecule has 1 amide bonds. The van der Waals surface area contributed by atoms with Crippen LogP contribution in [-0.4, -0.2) is 23.2 Å². The molecular formula is C15H14BrNO4S. The fourth-order valence-electron chi connectivity index (χ4n) is 1.76. The van der Waals surface area contributed by atoms with Gasteiger partial charge in [-0.15, -0.1) is 11.3 Å². The van der Waals surface area contributed by atoms with Gasteiger partial charge in [-0.2, -0.15) is 0 Å². The first-order chi connectivity index (χ1) is 10.6. The summed E-state index contributed by atoms with van der Waals surface area (Å²) in [7, 11) is 0. The molecule has 0 fully saturated rings. The summed E-state index contributed by atoms with van der Waals surface area (Å²) in [5.74, 6) is -1.10. The molecule has 1 aromatic carbocycles. The highest BCUT2D eigenvalue weighted by atomic mass is 79.9. The minimum absolute atomic E-state index is 0.0989. The summed E-state index contributed by atoms with van der Waals surface area (Å²) >= 11 is 4.78. The van der Waals surface area contributed by atoms with Crippen LogP contribution in [0.25, 0.3) is 0 Å². The highest BCUT2D eigenvalue weighted by molar-refractivity contribution is 9.10. The van der Waals surface area contributed by atoms with Crippen molar-refractivity contribution in [2.45, 2.75) is 19.1 Å². The molecule has 2 aromatic rings. The fraction of sp³-hybridized carbons (Fsp3) is 0.200. The number of amides is 1. The van der Waals surface area contributed by atoms with E-state index in [9.17, 15) is 14.7 Å². The van der Waals surface area contributed by atoms with Gasteiger partial charge in [-0.25, -0.2) is 9.59 Å². The number of benzene rings is 1. The number of ether oxygens (including phenoxy) is 1. The number of rotatable bonds is 6. The van der Waals surface area contributed by atoms with E-state index in [1.807, 2.05) is 41.8 Å². The van der Waals surface area contributed by atoms with Crippen molar-refractivity contribution in [1.29, 1.82) is 0 Å². The van der Waals surface area contributed by atoms with Crippen LogP contribution in [0.15, 0.2) is 46.3 Å². The van der Waals surface area contributed by atoms with E-state index in [1.165, 1.54) is 11.3 Å².